The van der Waals surface area contributed by atoms with Crippen LogP contribution in [0.25, 0.3) is 10.9 Å². The van der Waals surface area contributed by atoms with Gasteiger partial charge in [-0.1, -0.05) is 40.5 Å². The van der Waals surface area contributed by atoms with E-state index in [1.165, 1.54) is 24.4 Å². The number of carbonyl (C=O) groups excluding carboxylic acids is 1. The molecule has 3 aromatic carbocycles. The first-order valence-electron chi connectivity index (χ1n) is 17.5. The fraction of sp³-hybridized carbons (Fsp3) is 0.359. The Bertz CT molecular complexity index is 2200. The van der Waals surface area contributed by atoms with Gasteiger partial charge in [0.25, 0.3) is 5.91 Å². The maximum Gasteiger partial charge on any atom is 0.254 e. The molecule has 2 fully saturated rings. The molecule has 11 nitrogen and oxygen atoms in total. The van der Waals surface area contributed by atoms with E-state index < -0.39 is 11.9 Å². The average Bonchev–Trinajstić information content (AvgIpc) is 3.62. The lowest BCUT2D eigenvalue weighted by Crippen LogP contribution is -2.54. The standard InChI is InChI=1S/C39H40Cl2FN9O2/c1-39(2,3)50-12-10-28(11-13-50)51-22-34(47-48-51)36(23-6-5-7-24(14-23)38(52)49-20-29(21-49)53-4)46-27-15-30-35(45-26-8-9-33(42)31(40)16-26)25(18-43)19-44-37(30)32(41)17-27/h5-9,14-17,19,22,28-29,36,46H,10-13,20-21H2,1-4H3,(H,44,45). The number of halogens is 3. The molecule has 1 atom stereocenters. The minimum absolute atomic E-state index is 0.0370. The van der Waals surface area contributed by atoms with Crippen LogP contribution in [0.3, 0.4) is 0 Å². The Balaban J connectivity index is 1.26. The zero-order valence-electron chi connectivity index (χ0n) is 29.9. The highest BCUT2D eigenvalue weighted by atomic mass is 35.5. The zero-order valence-corrected chi connectivity index (χ0v) is 31.4. The molecule has 0 radical (unpaired) electrons. The maximum absolute atomic E-state index is 14.0. The first kappa shape index (κ1) is 36.6. The molecule has 0 aliphatic carbocycles. The summed E-state index contributed by atoms with van der Waals surface area (Å²) in [5, 5.41) is 27.0. The molecule has 2 saturated heterocycles. The van der Waals surface area contributed by atoms with E-state index >= 15 is 0 Å². The van der Waals surface area contributed by atoms with E-state index in [-0.39, 0.29) is 34.2 Å². The number of hydrogen-bond donors (Lipinski definition) is 2. The van der Waals surface area contributed by atoms with Gasteiger partial charge in [-0.2, -0.15) is 5.26 Å². The number of carbonyl (C=O) groups is 1. The van der Waals surface area contributed by atoms with Crippen LogP contribution >= 0.6 is 23.2 Å². The fourth-order valence-corrected chi connectivity index (χ4v) is 7.41. The van der Waals surface area contributed by atoms with Crippen molar-refractivity contribution in [3.63, 3.8) is 0 Å². The molecule has 2 aromatic heterocycles. The zero-order chi connectivity index (χ0) is 37.4. The molecule has 53 heavy (non-hydrogen) atoms. The first-order chi connectivity index (χ1) is 25.4. The first-order valence-corrected chi connectivity index (χ1v) is 18.3. The van der Waals surface area contributed by atoms with Crippen molar-refractivity contribution in [2.45, 2.75) is 57.3 Å². The number of piperidine rings is 1. The third kappa shape index (κ3) is 7.66. The Kier molecular flexibility index (Phi) is 10.3. The van der Waals surface area contributed by atoms with E-state index in [9.17, 15) is 14.4 Å². The van der Waals surface area contributed by atoms with Crippen molar-refractivity contribution in [2.75, 3.05) is 43.9 Å². The Labute approximate surface area is 317 Å². The molecule has 2 aliphatic rings. The van der Waals surface area contributed by atoms with Crippen LogP contribution in [0, 0.1) is 17.1 Å². The summed E-state index contributed by atoms with van der Waals surface area (Å²) in [6.07, 6.45) is 5.35. The smallest absolute Gasteiger partial charge is 0.254 e. The van der Waals surface area contributed by atoms with Crippen molar-refractivity contribution in [1.29, 1.82) is 5.26 Å². The maximum atomic E-state index is 14.0. The highest BCUT2D eigenvalue weighted by molar-refractivity contribution is 6.36. The molecule has 0 bridgehead atoms. The molecule has 2 aliphatic heterocycles. The number of methoxy groups -OCH3 is 1. The highest BCUT2D eigenvalue weighted by Gasteiger charge is 2.32. The van der Waals surface area contributed by atoms with E-state index in [2.05, 4.69) is 57.7 Å². The fourth-order valence-electron chi connectivity index (χ4n) is 6.96. The minimum Gasteiger partial charge on any atom is -0.378 e. The Morgan fingerprint density at radius 1 is 1.06 bits per heavy atom. The van der Waals surface area contributed by atoms with Gasteiger partial charge in [-0.15, -0.1) is 5.10 Å². The summed E-state index contributed by atoms with van der Waals surface area (Å²) >= 11 is 12.9. The van der Waals surface area contributed by atoms with Gasteiger partial charge < -0.3 is 20.3 Å². The third-order valence-corrected chi connectivity index (χ3v) is 10.7. The number of amides is 1. The normalized spacial score (nSPS) is 16.3. The summed E-state index contributed by atoms with van der Waals surface area (Å²) in [5.74, 6) is -0.631. The molecular weight excluding hydrogens is 716 g/mol. The van der Waals surface area contributed by atoms with Gasteiger partial charge in [0.15, 0.2) is 0 Å². The molecule has 2 N–H and O–H groups in total. The number of likely N-dealkylation sites (tertiary alicyclic amines) is 2. The number of fused-ring (bicyclic) bond motifs is 1. The van der Waals surface area contributed by atoms with Gasteiger partial charge in [0.1, 0.15) is 17.6 Å². The lowest BCUT2D eigenvalue weighted by molar-refractivity contribution is -0.0192. The number of aromatic nitrogens is 4. The van der Waals surface area contributed by atoms with Gasteiger partial charge >= 0.3 is 0 Å². The predicted octanol–water partition coefficient (Wildman–Crippen LogP) is 8.00. The Hall–Kier alpha value is -4.80. The van der Waals surface area contributed by atoms with Gasteiger partial charge in [0.2, 0.25) is 0 Å². The second-order valence-electron chi connectivity index (χ2n) is 14.5. The van der Waals surface area contributed by atoms with Crippen LogP contribution in [0.4, 0.5) is 21.5 Å². The molecule has 7 rings (SSSR count). The molecular formula is C39H40Cl2FN9O2. The molecule has 1 amide bonds. The molecule has 0 spiro atoms. The number of benzene rings is 3. The summed E-state index contributed by atoms with van der Waals surface area (Å²) in [6, 6.07) is 17.2. The molecule has 5 aromatic rings. The third-order valence-electron chi connectivity index (χ3n) is 10.1. The lowest BCUT2D eigenvalue weighted by Gasteiger charge is -2.40. The predicted molar refractivity (Wildman–Crippen MR) is 204 cm³/mol. The summed E-state index contributed by atoms with van der Waals surface area (Å²) in [7, 11) is 1.65. The van der Waals surface area contributed by atoms with Crippen molar-refractivity contribution in [2.24, 2.45) is 0 Å². The number of anilines is 3. The van der Waals surface area contributed by atoms with E-state index in [4.69, 9.17) is 27.9 Å². The van der Waals surface area contributed by atoms with E-state index in [0.29, 0.717) is 57.3 Å². The summed E-state index contributed by atoms with van der Waals surface area (Å²) < 4.78 is 21.3. The van der Waals surface area contributed by atoms with Crippen LogP contribution in [0.2, 0.25) is 10.0 Å². The number of rotatable bonds is 9. The molecule has 1 unspecified atom stereocenters. The van der Waals surface area contributed by atoms with E-state index in [0.717, 1.165) is 31.5 Å². The summed E-state index contributed by atoms with van der Waals surface area (Å²) in [4.78, 5) is 22.2. The number of ether oxygens (including phenoxy) is 1. The minimum atomic E-state index is -0.556. The van der Waals surface area contributed by atoms with Crippen molar-refractivity contribution < 1.29 is 13.9 Å². The second-order valence-corrected chi connectivity index (χ2v) is 15.4. The number of nitrogens with one attached hydrogen (secondary N) is 2. The summed E-state index contributed by atoms with van der Waals surface area (Å²) in [5.41, 5.74) is 4.37. The van der Waals surface area contributed by atoms with Crippen LogP contribution in [0.15, 0.2) is 67.0 Å². The Morgan fingerprint density at radius 3 is 2.51 bits per heavy atom. The van der Waals surface area contributed by atoms with E-state index in [1.54, 1.807) is 18.1 Å². The van der Waals surface area contributed by atoms with Crippen molar-refractivity contribution >= 4 is 57.1 Å². The SMILES string of the molecule is COC1CN(C(=O)c2cccc(C(Nc3cc(Cl)c4ncc(C#N)c(Nc5ccc(F)c(Cl)c5)c4c3)c3cn(C4CCN(C(C)(C)C)CC4)nn3)c2)C1. The molecule has 4 heterocycles. The second kappa shape index (κ2) is 14.9. The van der Waals surface area contributed by atoms with Crippen molar-refractivity contribution in [1.82, 2.24) is 29.8 Å². The van der Waals surface area contributed by atoms with Crippen LogP contribution in [-0.2, 0) is 4.74 Å². The monoisotopic (exact) mass is 755 g/mol. The number of nitriles is 1. The largest absolute Gasteiger partial charge is 0.378 e. The van der Waals surface area contributed by atoms with Gasteiger partial charge in [-0.05, 0) is 81.6 Å². The Morgan fingerprint density at radius 2 is 1.81 bits per heavy atom. The van der Waals surface area contributed by atoms with Gasteiger partial charge in [-0.3, -0.25) is 14.7 Å². The quantitative estimate of drug-likeness (QED) is 0.154. The number of hydrogen-bond acceptors (Lipinski definition) is 9. The lowest BCUT2D eigenvalue weighted by atomic mass is 9.98. The van der Waals surface area contributed by atoms with Crippen LogP contribution in [0.5, 0.6) is 0 Å². The van der Waals surface area contributed by atoms with Gasteiger partial charge in [0.05, 0.1) is 51.2 Å². The van der Waals surface area contributed by atoms with Crippen LogP contribution in [-0.4, -0.2) is 80.6 Å². The van der Waals surface area contributed by atoms with Gasteiger partial charge in [-0.25, -0.2) is 9.07 Å². The molecule has 274 valence electrons. The summed E-state index contributed by atoms with van der Waals surface area (Å²) in [6.45, 7) is 9.72. The molecule has 0 saturated carbocycles. The van der Waals surface area contributed by atoms with Crippen LogP contribution < -0.4 is 10.6 Å². The molecule has 14 heteroatoms. The highest BCUT2D eigenvalue weighted by Crippen LogP contribution is 2.38. The topological polar surface area (TPSA) is 124 Å². The van der Waals surface area contributed by atoms with Crippen molar-refractivity contribution in [3.8, 4) is 6.07 Å². The average molecular weight is 757 g/mol. The number of pyridine rings is 1. The number of nitrogens with zero attached hydrogens (tertiary/aromatic N) is 7. The van der Waals surface area contributed by atoms with Crippen LogP contribution in [0.1, 0.15) is 72.9 Å². The van der Waals surface area contributed by atoms with Gasteiger partial charge in [0, 0.05) is 67.3 Å². The van der Waals surface area contributed by atoms with Crippen molar-refractivity contribution in [3.05, 3.63) is 105 Å². The van der Waals surface area contributed by atoms with E-state index in [1.807, 2.05) is 41.2 Å².